The summed E-state index contributed by atoms with van der Waals surface area (Å²) >= 11 is 0. The molecule has 3 rings (SSSR count). The summed E-state index contributed by atoms with van der Waals surface area (Å²) in [7, 11) is 2.14. The number of anilines is 2. The predicted molar refractivity (Wildman–Crippen MR) is 93.3 cm³/mol. The van der Waals surface area contributed by atoms with Gasteiger partial charge in [-0.15, -0.1) is 0 Å². The molecule has 1 atom stereocenters. The molecule has 1 aromatic rings. The Morgan fingerprint density at radius 3 is 2.48 bits per heavy atom. The zero-order valence-corrected chi connectivity index (χ0v) is 14.6. The van der Waals surface area contributed by atoms with Gasteiger partial charge in [-0.2, -0.15) is 4.98 Å². The first-order valence-corrected chi connectivity index (χ1v) is 8.76. The summed E-state index contributed by atoms with van der Waals surface area (Å²) in [6.07, 6.45) is 3.28. The van der Waals surface area contributed by atoms with Crippen molar-refractivity contribution in [2.24, 2.45) is 0 Å². The molecule has 2 saturated heterocycles. The van der Waals surface area contributed by atoms with Crippen molar-refractivity contribution in [1.29, 1.82) is 0 Å². The maximum absolute atomic E-state index is 9.30. The Balaban J connectivity index is 1.86. The van der Waals surface area contributed by atoms with Crippen LogP contribution in [-0.2, 0) is 0 Å². The predicted octanol–water partition coefficient (Wildman–Crippen LogP) is 1.20. The molecule has 1 aromatic heterocycles. The van der Waals surface area contributed by atoms with E-state index in [0.717, 1.165) is 56.6 Å². The van der Waals surface area contributed by atoms with Crippen LogP contribution in [0.5, 0.6) is 0 Å². The number of aryl methyl sites for hydroxylation is 1. The van der Waals surface area contributed by atoms with E-state index in [-0.39, 0.29) is 6.61 Å². The summed E-state index contributed by atoms with van der Waals surface area (Å²) in [4.78, 5) is 16.7. The average molecular weight is 319 g/mol. The van der Waals surface area contributed by atoms with Crippen molar-refractivity contribution in [1.82, 2.24) is 14.9 Å². The number of hydrogen-bond acceptors (Lipinski definition) is 6. The third-order valence-electron chi connectivity index (χ3n) is 5.28. The minimum Gasteiger partial charge on any atom is -0.396 e. The lowest BCUT2D eigenvalue weighted by Gasteiger charge is -2.40. The average Bonchev–Trinajstić information content (AvgIpc) is 3.07. The fourth-order valence-electron chi connectivity index (χ4n) is 3.56. The van der Waals surface area contributed by atoms with E-state index < -0.39 is 0 Å². The second-order valence-electron chi connectivity index (χ2n) is 6.84. The molecule has 0 aromatic carbocycles. The lowest BCUT2D eigenvalue weighted by Crippen LogP contribution is -2.52. The standard InChI is InChI=1S/C17H29N5O/c1-13-14(2)18-17(21-7-4-5-8-21)19-16(13)22-10-9-20(3)15(12-22)6-11-23/h15,23H,4-12H2,1-3H3. The van der Waals surface area contributed by atoms with E-state index in [0.29, 0.717) is 6.04 Å². The van der Waals surface area contributed by atoms with Crippen LogP contribution in [0, 0.1) is 13.8 Å². The van der Waals surface area contributed by atoms with Gasteiger partial charge in [-0.25, -0.2) is 4.98 Å². The first-order chi connectivity index (χ1) is 11.1. The van der Waals surface area contributed by atoms with Crippen molar-refractivity contribution < 1.29 is 5.11 Å². The first-order valence-electron chi connectivity index (χ1n) is 8.76. The zero-order valence-electron chi connectivity index (χ0n) is 14.6. The number of rotatable bonds is 4. The molecule has 0 radical (unpaired) electrons. The van der Waals surface area contributed by atoms with Gasteiger partial charge in [-0.3, -0.25) is 4.90 Å². The molecule has 128 valence electrons. The summed E-state index contributed by atoms with van der Waals surface area (Å²) in [6, 6.07) is 0.388. The van der Waals surface area contributed by atoms with Crippen LogP contribution in [0.25, 0.3) is 0 Å². The molecule has 1 N–H and O–H groups in total. The molecule has 2 aliphatic rings. The zero-order chi connectivity index (χ0) is 16.4. The number of aliphatic hydroxyl groups is 1. The molecule has 3 heterocycles. The lowest BCUT2D eigenvalue weighted by molar-refractivity contribution is 0.170. The molecule has 0 amide bonds. The summed E-state index contributed by atoms with van der Waals surface area (Å²) in [5, 5.41) is 9.30. The minimum atomic E-state index is 0.240. The first kappa shape index (κ1) is 16.5. The highest BCUT2D eigenvalue weighted by Crippen LogP contribution is 2.27. The van der Waals surface area contributed by atoms with Crippen LogP contribution >= 0.6 is 0 Å². The molecule has 0 spiro atoms. The molecule has 2 aliphatic heterocycles. The van der Waals surface area contributed by atoms with E-state index in [1.54, 1.807) is 0 Å². The molecule has 6 nitrogen and oxygen atoms in total. The van der Waals surface area contributed by atoms with E-state index in [9.17, 15) is 5.11 Å². The van der Waals surface area contributed by atoms with Crippen LogP contribution in [0.4, 0.5) is 11.8 Å². The van der Waals surface area contributed by atoms with Crippen molar-refractivity contribution in [2.45, 2.75) is 39.2 Å². The number of nitrogens with zero attached hydrogens (tertiary/aromatic N) is 5. The monoisotopic (exact) mass is 319 g/mol. The number of aliphatic hydroxyl groups excluding tert-OH is 1. The molecular weight excluding hydrogens is 290 g/mol. The van der Waals surface area contributed by atoms with Crippen molar-refractivity contribution in [2.75, 3.05) is 56.2 Å². The van der Waals surface area contributed by atoms with E-state index in [1.807, 2.05) is 0 Å². The molecule has 0 saturated carbocycles. The van der Waals surface area contributed by atoms with Gasteiger partial charge in [0.1, 0.15) is 5.82 Å². The molecule has 0 aliphatic carbocycles. The van der Waals surface area contributed by atoms with Gasteiger partial charge < -0.3 is 14.9 Å². The molecule has 6 heteroatoms. The highest BCUT2D eigenvalue weighted by atomic mass is 16.3. The summed E-state index contributed by atoms with van der Waals surface area (Å²) in [6.45, 7) is 9.49. The van der Waals surface area contributed by atoms with Gasteiger partial charge in [0.05, 0.1) is 0 Å². The van der Waals surface area contributed by atoms with Crippen LogP contribution in [0.15, 0.2) is 0 Å². The summed E-state index contributed by atoms with van der Waals surface area (Å²) in [5.41, 5.74) is 2.26. The van der Waals surface area contributed by atoms with E-state index >= 15 is 0 Å². The van der Waals surface area contributed by atoms with E-state index in [1.165, 1.54) is 18.4 Å². The van der Waals surface area contributed by atoms with Crippen LogP contribution < -0.4 is 9.80 Å². The van der Waals surface area contributed by atoms with Crippen LogP contribution in [0.1, 0.15) is 30.5 Å². The van der Waals surface area contributed by atoms with E-state index in [2.05, 4.69) is 35.6 Å². The second kappa shape index (κ2) is 7.01. The lowest BCUT2D eigenvalue weighted by atomic mass is 10.1. The Morgan fingerprint density at radius 2 is 1.78 bits per heavy atom. The molecule has 0 bridgehead atoms. The number of hydrogen-bond donors (Lipinski definition) is 1. The topological polar surface area (TPSA) is 55.7 Å². The van der Waals surface area contributed by atoms with Crippen molar-refractivity contribution in [3.05, 3.63) is 11.3 Å². The quantitative estimate of drug-likeness (QED) is 0.900. The molecule has 2 fully saturated rings. The van der Waals surface area contributed by atoms with Crippen molar-refractivity contribution in [3.63, 3.8) is 0 Å². The fraction of sp³-hybridized carbons (Fsp3) is 0.765. The van der Waals surface area contributed by atoms with Gasteiger partial charge in [0, 0.05) is 56.6 Å². The Labute approximate surface area is 139 Å². The Kier molecular flexibility index (Phi) is 5.02. The Bertz CT molecular complexity index is 544. The summed E-state index contributed by atoms with van der Waals surface area (Å²) in [5.74, 6) is 1.97. The largest absolute Gasteiger partial charge is 0.396 e. The highest BCUT2D eigenvalue weighted by Gasteiger charge is 2.27. The smallest absolute Gasteiger partial charge is 0.227 e. The number of piperazine rings is 1. The minimum absolute atomic E-state index is 0.240. The fourth-order valence-corrected chi connectivity index (χ4v) is 3.56. The van der Waals surface area contributed by atoms with Gasteiger partial charge in [0.15, 0.2) is 0 Å². The number of aromatic nitrogens is 2. The van der Waals surface area contributed by atoms with Gasteiger partial charge >= 0.3 is 0 Å². The van der Waals surface area contributed by atoms with Crippen LogP contribution in [0.3, 0.4) is 0 Å². The van der Waals surface area contributed by atoms with Crippen molar-refractivity contribution >= 4 is 11.8 Å². The van der Waals surface area contributed by atoms with Gasteiger partial charge in [0.25, 0.3) is 0 Å². The Hall–Kier alpha value is -1.40. The normalized spacial score (nSPS) is 22.9. The molecular formula is C17H29N5O. The second-order valence-corrected chi connectivity index (χ2v) is 6.84. The highest BCUT2D eigenvalue weighted by molar-refractivity contribution is 5.53. The van der Waals surface area contributed by atoms with Crippen LogP contribution in [-0.4, -0.2) is 72.4 Å². The SMILES string of the molecule is Cc1nc(N2CCCC2)nc(N2CCN(C)C(CCO)C2)c1C. The summed E-state index contributed by atoms with van der Waals surface area (Å²) < 4.78 is 0. The maximum Gasteiger partial charge on any atom is 0.227 e. The van der Waals surface area contributed by atoms with Crippen LogP contribution in [0.2, 0.25) is 0 Å². The number of likely N-dealkylation sites (N-methyl/N-ethyl adjacent to an activating group) is 1. The Morgan fingerprint density at radius 1 is 1.04 bits per heavy atom. The molecule has 23 heavy (non-hydrogen) atoms. The van der Waals surface area contributed by atoms with Crippen molar-refractivity contribution in [3.8, 4) is 0 Å². The maximum atomic E-state index is 9.30. The van der Waals surface area contributed by atoms with Gasteiger partial charge in [-0.05, 0) is 40.2 Å². The van der Waals surface area contributed by atoms with Gasteiger partial charge in [-0.1, -0.05) is 0 Å². The third kappa shape index (κ3) is 3.43. The molecule has 1 unspecified atom stereocenters. The third-order valence-corrected chi connectivity index (χ3v) is 5.28. The van der Waals surface area contributed by atoms with Gasteiger partial charge in [0.2, 0.25) is 5.95 Å². The van der Waals surface area contributed by atoms with E-state index in [4.69, 9.17) is 9.97 Å².